The Bertz CT molecular complexity index is 954. The Hall–Kier alpha value is -2.96. The molecular formula is C19H14Cl2N4O2. The molecule has 8 heteroatoms. The number of rotatable bonds is 6. The van der Waals surface area contributed by atoms with Crippen molar-refractivity contribution in [2.45, 2.75) is 6.54 Å². The van der Waals surface area contributed by atoms with Crippen molar-refractivity contribution in [1.29, 1.82) is 0 Å². The van der Waals surface area contributed by atoms with Gasteiger partial charge in [-0.2, -0.15) is 5.11 Å². The molecule has 0 bridgehead atoms. The molecule has 0 saturated carbocycles. The van der Waals surface area contributed by atoms with Crippen LogP contribution in [0.3, 0.4) is 0 Å². The molecule has 0 atom stereocenters. The minimum Gasteiger partial charge on any atom is -0.381 e. The number of azo groups is 1. The molecule has 3 aromatic rings. The molecule has 6 nitrogen and oxygen atoms in total. The molecule has 0 amide bonds. The molecule has 3 aromatic carbocycles. The summed E-state index contributed by atoms with van der Waals surface area (Å²) < 4.78 is 0. The van der Waals surface area contributed by atoms with Gasteiger partial charge in [-0.05, 0) is 29.8 Å². The Balaban J connectivity index is 1.68. The van der Waals surface area contributed by atoms with Crippen LogP contribution in [-0.4, -0.2) is 4.92 Å². The summed E-state index contributed by atoms with van der Waals surface area (Å²) in [6.07, 6.45) is 0. The maximum Gasteiger partial charge on any atom is 0.272 e. The lowest BCUT2D eigenvalue weighted by atomic mass is 10.2. The van der Waals surface area contributed by atoms with Gasteiger partial charge in [-0.3, -0.25) is 10.1 Å². The summed E-state index contributed by atoms with van der Waals surface area (Å²) in [5.41, 5.74) is 2.73. The first kappa shape index (κ1) is 18.8. The Labute approximate surface area is 165 Å². The Kier molecular flexibility index (Phi) is 6.01. The number of benzene rings is 3. The second-order valence-electron chi connectivity index (χ2n) is 5.60. The normalized spacial score (nSPS) is 10.9. The van der Waals surface area contributed by atoms with Gasteiger partial charge in [0.2, 0.25) is 0 Å². The predicted molar refractivity (Wildman–Crippen MR) is 108 cm³/mol. The highest BCUT2D eigenvalue weighted by Crippen LogP contribution is 2.37. The van der Waals surface area contributed by atoms with Gasteiger partial charge in [0.25, 0.3) is 5.69 Å². The lowest BCUT2D eigenvalue weighted by Gasteiger charge is -2.06. The number of nitro benzene ring substituents is 1. The molecule has 0 aliphatic carbocycles. The first-order valence-electron chi connectivity index (χ1n) is 7.96. The van der Waals surface area contributed by atoms with Gasteiger partial charge in [0, 0.05) is 24.4 Å². The summed E-state index contributed by atoms with van der Waals surface area (Å²) in [5, 5.41) is 22.4. The van der Waals surface area contributed by atoms with Crippen molar-refractivity contribution in [3.8, 4) is 0 Å². The topological polar surface area (TPSA) is 79.9 Å². The Morgan fingerprint density at radius 3 is 2.15 bits per heavy atom. The lowest BCUT2D eigenvalue weighted by molar-refractivity contribution is -0.384. The predicted octanol–water partition coefficient (Wildman–Crippen LogP) is 6.93. The van der Waals surface area contributed by atoms with E-state index in [0.717, 1.165) is 12.2 Å². The number of anilines is 1. The van der Waals surface area contributed by atoms with Crippen molar-refractivity contribution >= 4 is 46.0 Å². The monoisotopic (exact) mass is 400 g/mol. The standard InChI is InChI=1S/C19H14Cl2N4O2/c20-17-10-16(25(26)27)11-18(21)19(17)24-23-15-8-6-14(7-9-15)22-12-13-4-2-1-3-5-13/h1-11,22H,12H2/b24-23+. The van der Waals surface area contributed by atoms with E-state index in [4.69, 9.17) is 23.2 Å². The zero-order valence-corrected chi connectivity index (χ0v) is 15.5. The second kappa shape index (κ2) is 8.62. The van der Waals surface area contributed by atoms with Crippen LogP contribution < -0.4 is 5.32 Å². The molecule has 0 aliphatic heterocycles. The van der Waals surface area contributed by atoms with E-state index in [9.17, 15) is 10.1 Å². The minimum absolute atomic E-state index is 0.0686. The van der Waals surface area contributed by atoms with Crippen molar-refractivity contribution in [2.75, 3.05) is 5.32 Å². The van der Waals surface area contributed by atoms with Gasteiger partial charge in [0.1, 0.15) is 5.69 Å². The van der Waals surface area contributed by atoms with E-state index < -0.39 is 4.92 Å². The highest BCUT2D eigenvalue weighted by molar-refractivity contribution is 6.39. The summed E-state index contributed by atoms with van der Waals surface area (Å²) >= 11 is 12.0. The number of nitrogens with one attached hydrogen (secondary N) is 1. The highest BCUT2D eigenvalue weighted by Gasteiger charge is 2.14. The van der Waals surface area contributed by atoms with E-state index in [-0.39, 0.29) is 21.4 Å². The van der Waals surface area contributed by atoms with Gasteiger partial charge in [0.05, 0.1) is 20.7 Å². The van der Waals surface area contributed by atoms with Crippen LogP contribution in [0.15, 0.2) is 77.0 Å². The summed E-state index contributed by atoms with van der Waals surface area (Å²) in [6, 6.07) is 19.8. The summed E-state index contributed by atoms with van der Waals surface area (Å²) in [7, 11) is 0. The highest BCUT2D eigenvalue weighted by atomic mass is 35.5. The number of non-ortho nitro benzene ring substituents is 1. The molecule has 0 unspecified atom stereocenters. The number of nitrogens with zero attached hydrogens (tertiary/aromatic N) is 3. The van der Waals surface area contributed by atoms with E-state index in [0.29, 0.717) is 5.69 Å². The molecular weight excluding hydrogens is 387 g/mol. The lowest BCUT2D eigenvalue weighted by Crippen LogP contribution is -1.98. The van der Waals surface area contributed by atoms with Gasteiger partial charge < -0.3 is 5.32 Å². The van der Waals surface area contributed by atoms with Crippen LogP contribution in [0.4, 0.5) is 22.7 Å². The van der Waals surface area contributed by atoms with Crippen molar-refractivity contribution in [2.24, 2.45) is 10.2 Å². The van der Waals surface area contributed by atoms with Crippen molar-refractivity contribution in [3.63, 3.8) is 0 Å². The van der Waals surface area contributed by atoms with Gasteiger partial charge in [0.15, 0.2) is 0 Å². The second-order valence-corrected chi connectivity index (χ2v) is 6.42. The third kappa shape index (κ3) is 5.03. The van der Waals surface area contributed by atoms with E-state index in [1.165, 1.54) is 17.7 Å². The molecule has 136 valence electrons. The first-order chi connectivity index (χ1) is 13.0. The summed E-state index contributed by atoms with van der Waals surface area (Å²) in [6.45, 7) is 0.718. The van der Waals surface area contributed by atoms with Gasteiger partial charge in [-0.25, -0.2) is 0 Å². The fraction of sp³-hybridized carbons (Fsp3) is 0.0526. The number of hydrogen-bond donors (Lipinski definition) is 1. The van der Waals surface area contributed by atoms with Crippen LogP contribution in [0.5, 0.6) is 0 Å². The van der Waals surface area contributed by atoms with E-state index in [1.807, 2.05) is 42.5 Å². The van der Waals surface area contributed by atoms with Gasteiger partial charge in [-0.1, -0.05) is 53.5 Å². The van der Waals surface area contributed by atoms with Crippen LogP contribution in [0.2, 0.25) is 10.0 Å². The van der Waals surface area contributed by atoms with E-state index in [1.54, 1.807) is 12.1 Å². The molecule has 0 aromatic heterocycles. The quantitative estimate of drug-likeness (QED) is 0.276. The third-order valence-electron chi connectivity index (χ3n) is 3.68. The SMILES string of the molecule is O=[N+]([O-])c1cc(Cl)c(/N=N/c2ccc(NCc3ccccc3)cc2)c(Cl)c1. The molecule has 1 N–H and O–H groups in total. The average Bonchev–Trinajstić information content (AvgIpc) is 2.67. The Morgan fingerprint density at radius 1 is 0.926 bits per heavy atom. The van der Waals surface area contributed by atoms with Crippen LogP contribution in [0, 0.1) is 10.1 Å². The molecule has 0 radical (unpaired) electrons. The number of nitro groups is 1. The van der Waals surface area contributed by atoms with Crippen LogP contribution in [0.1, 0.15) is 5.56 Å². The number of hydrogen-bond acceptors (Lipinski definition) is 5. The van der Waals surface area contributed by atoms with Crippen LogP contribution >= 0.6 is 23.2 Å². The smallest absolute Gasteiger partial charge is 0.272 e. The van der Waals surface area contributed by atoms with Crippen molar-refractivity contribution < 1.29 is 4.92 Å². The zero-order valence-electron chi connectivity index (χ0n) is 14.0. The fourth-order valence-electron chi connectivity index (χ4n) is 2.31. The van der Waals surface area contributed by atoms with Gasteiger partial charge in [-0.15, -0.1) is 5.11 Å². The largest absolute Gasteiger partial charge is 0.381 e. The van der Waals surface area contributed by atoms with Crippen molar-refractivity contribution in [3.05, 3.63) is 92.5 Å². The minimum atomic E-state index is -0.570. The number of halogens is 2. The maximum absolute atomic E-state index is 10.8. The molecule has 27 heavy (non-hydrogen) atoms. The molecule has 0 saturated heterocycles. The van der Waals surface area contributed by atoms with E-state index in [2.05, 4.69) is 15.5 Å². The van der Waals surface area contributed by atoms with Crippen LogP contribution in [-0.2, 0) is 6.54 Å². The third-order valence-corrected chi connectivity index (χ3v) is 4.26. The van der Waals surface area contributed by atoms with Crippen LogP contribution in [0.25, 0.3) is 0 Å². The molecule has 0 heterocycles. The zero-order chi connectivity index (χ0) is 19.2. The molecule has 0 fully saturated rings. The Morgan fingerprint density at radius 2 is 1.56 bits per heavy atom. The van der Waals surface area contributed by atoms with Gasteiger partial charge >= 0.3 is 0 Å². The summed E-state index contributed by atoms with van der Waals surface area (Å²) in [4.78, 5) is 10.2. The summed E-state index contributed by atoms with van der Waals surface area (Å²) in [5.74, 6) is 0. The fourth-order valence-corrected chi connectivity index (χ4v) is 2.86. The molecule has 3 rings (SSSR count). The molecule has 0 aliphatic rings. The maximum atomic E-state index is 10.8. The van der Waals surface area contributed by atoms with E-state index >= 15 is 0 Å². The average molecular weight is 401 g/mol. The van der Waals surface area contributed by atoms with Crippen molar-refractivity contribution in [1.82, 2.24) is 0 Å². The first-order valence-corrected chi connectivity index (χ1v) is 8.71. The molecule has 0 spiro atoms.